The molecular formula is C22H16ClN5O2. The van der Waals surface area contributed by atoms with E-state index >= 15 is 0 Å². The number of aromatic nitrogens is 3. The first-order valence-corrected chi connectivity index (χ1v) is 9.63. The summed E-state index contributed by atoms with van der Waals surface area (Å²) >= 11 is 6.04. The number of nitrogens with one attached hydrogen (secondary N) is 1. The number of furan rings is 1. The molecule has 0 unspecified atom stereocenters. The van der Waals surface area contributed by atoms with Gasteiger partial charge < -0.3 is 15.5 Å². The number of nitrogen functional groups attached to an aromatic ring is 1. The van der Waals surface area contributed by atoms with Gasteiger partial charge in [0.15, 0.2) is 5.65 Å². The lowest BCUT2D eigenvalue weighted by atomic mass is 10.2. The van der Waals surface area contributed by atoms with Crippen molar-refractivity contribution in [1.82, 2.24) is 19.9 Å². The molecule has 7 nitrogen and oxygen atoms in total. The summed E-state index contributed by atoms with van der Waals surface area (Å²) in [4.78, 5) is 22.5. The van der Waals surface area contributed by atoms with Gasteiger partial charge in [0.2, 0.25) is 0 Å². The van der Waals surface area contributed by atoms with E-state index in [1.165, 1.54) is 0 Å². The Morgan fingerprint density at radius 1 is 1.03 bits per heavy atom. The summed E-state index contributed by atoms with van der Waals surface area (Å²) in [6.07, 6.45) is 1.56. The molecule has 5 aromatic rings. The third kappa shape index (κ3) is 3.05. The maximum atomic E-state index is 13.1. The monoisotopic (exact) mass is 417 g/mol. The van der Waals surface area contributed by atoms with Crippen LogP contribution in [0.25, 0.3) is 27.9 Å². The number of carbonyl (C=O) groups excluding carboxylic acids is 1. The van der Waals surface area contributed by atoms with Crippen LogP contribution in [0.3, 0.4) is 0 Å². The lowest BCUT2D eigenvalue weighted by Gasteiger charge is -2.08. The second kappa shape index (κ2) is 7.20. The van der Waals surface area contributed by atoms with Gasteiger partial charge in [-0.3, -0.25) is 9.36 Å². The largest absolute Gasteiger partial charge is 0.467 e. The summed E-state index contributed by atoms with van der Waals surface area (Å²) in [6.45, 7) is 0.236. The van der Waals surface area contributed by atoms with Crippen LogP contribution in [0, 0.1) is 0 Å². The standard InChI is InChI=1S/C22H16ClN5O2/c23-13-7-9-14(10-8-13)28-20(24)18(22(29)25-12-15-4-3-11-30-15)19-21(28)27-17-6-2-1-5-16(17)26-19/h1-11H,12,24H2,(H,25,29). The van der Waals surface area contributed by atoms with Gasteiger partial charge in [0.05, 0.1) is 23.8 Å². The van der Waals surface area contributed by atoms with Crippen molar-refractivity contribution in [1.29, 1.82) is 0 Å². The van der Waals surface area contributed by atoms with Crippen molar-refractivity contribution >= 4 is 45.5 Å². The van der Waals surface area contributed by atoms with Gasteiger partial charge in [0.25, 0.3) is 5.91 Å². The Balaban J connectivity index is 1.70. The Hall–Kier alpha value is -3.84. The molecule has 148 valence electrons. The summed E-state index contributed by atoms with van der Waals surface area (Å²) in [6, 6.07) is 18.2. The highest BCUT2D eigenvalue weighted by atomic mass is 35.5. The Morgan fingerprint density at radius 3 is 2.47 bits per heavy atom. The number of hydrogen-bond donors (Lipinski definition) is 2. The topological polar surface area (TPSA) is 99.0 Å². The van der Waals surface area contributed by atoms with Crippen LogP contribution in [0.2, 0.25) is 5.02 Å². The SMILES string of the molecule is Nc1c(C(=O)NCc2ccco2)c2nc3ccccc3nc2n1-c1ccc(Cl)cc1. The van der Waals surface area contributed by atoms with Crippen LogP contribution >= 0.6 is 11.6 Å². The molecule has 0 spiro atoms. The predicted octanol–water partition coefficient (Wildman–Crippen LogP) is 4.33. The molecule has 0 atom stereocenters. The molecular weight excluding hydrogens is 402 g/mol. The van der Waals surface area contributed by atoms with Crippen molar-refractivity contribution in [3.8, 4) is 5.69 Å². The van der Waals surface area contributed by atoms with Crippen LogP contribution < -0.4 is 11.1 Å². The smallest absolute Gasteiger partial charge is 0.257 e. The van der Waals surface area contributed by atoms with Crippen LogP contribution in [0.15, 0.2) is 71.3 Å². The van der Waals surface area contributed by atoms with Gasteiger partial charge in [0.1, 0.15) is 22.7 Å². The highest BCUT2D eigenvalue weighted by Gasteiger charge is 2.24. The molecule has 0 radical (unpaired) electrons. The van der Waals surface area contributed by atoms with Crippen molar-refractivity contribution < 1.29 is 9.21 Å². The van der Waals surface area contributed by atoms with Crippen LogP contribution in [-0.4, -0.2) is 20.4 Å². The van der Waals surface area contributed by atoms with Gasteiger partial charge in [0, 0.05) is 10.7 Å². The fourth-order valence-electron chi connectivity index (χ4n) is 3.41. The fourth-order valence-corrected chi connectivity index (χ4v) is 3.53. The van der Waals surface area contributed by atoms with Crippen molar-refractivity contribution in [2.24, 2.45) is 0 Å². The van der Waals surface area contributed by atoms with Crippen LogP contribution in [0.1, 0.15) is 16.1 Å². The maximum Gasteiger partial charge on any atom is 0.257 e. The van der Waals surface area contributed by atoms with E-state index in [2.05, 4.69) is 5.32 Å². The lowest BCUT2D eigenvalue weighted by Crippen LogP contribution is -2.23. The first-order valence-electron chi connectivity index (χ1n) is 9.25. The summed E-state index contributed by atoms with van der Waals surface area (Å²) in [5.41, 5.74) is 9.78. The minimum Gasteiger partial charge on any atom is -0.467 e. The van der Waals surface area contributed by atoms with Gasteiger partial charge >= 0.3 is 0 Å². The third-order valence-corrected chi connectivity index (χ3v) is 5.06. The molecule has 0 bridgehead atoms. The molecule has 5 rings (SSSR count). The van der Waals surface area contributed by atoms with E-state index in [0.29, 0.717) is 33.0 Å². The van der Waals surface area contributed by atoms with Gasteiger partial charge in [-0.2, -0.15) is 0 Å². The number of carbonyl (C=O) groups is 1. The number of nitrogens with two attached hydrogens (primary N) is 1. The Labute approximate surface area is 176 Å². The summed E-state index contributed by atoms with van der Waals surface area (Å²) in [5, 5.41) is 3.44. The zero-order valence-corrected chi connectivity index (χ0v) is 16.4. The molecule has 1 amide bonds. The first-order chi connectivity index (χ1) is 14.6. The van der Waals surface area contributed by atoms with E-state index in [4.69, 9.17) is 31.7 Å². The molecule has 3 heterocycles. The molecule has 0 fully saturated rings. The molecule has 30 heavy (non-hydrogen) atoms. The number of hydrogen-bond acceptors (Lipinski definition) is 5. The Kier molecular flexibility index (Phi) is 4.37. The van der Waals surface area contributed by atoms with Crippen LogP contribution in [-0.2, 0) is 6.54 Å². The molecule has 0 aliphatic carbocycles. The van der Waals surface area contributed by atoms with E-state index in [1.807, 2.05) is 36.4 Å². The number of halogens is 1. The quantitative estimate of drug-likeness (QED) is 0.453. The maximum absolute atomic E-state index is 13.1. The molecule has 0 saturated heterocycles. The number of para-hydroxylation sites is 2. The first kappa shape index (κ1) is 18.2. The molecule has 0 aliphatic heterocycles. The zero-order valence-electron chi connectivity index (χ0n) is 15.7. The minimum atomic E-state index is -0.355. The number of rotatable bonds is 4. The number of anilines is 1. The summed E-state index contributed by atoms with van der Waals surface area (Å²) < 4.78 is 7.00. The van der Waals surface area contributed by atoms with Crippen LogP contribution in [0.4, 0.5) is 5.82 Å². The van der Waals surface area contributed by atoms with Gasteiger partial charge in [-0.1, -0.05) is 23.7 Å². The van der Waals surface area contributed by atoms with Crippen molar-refractivity contribution in [2.75, 3.05) is 5.73 Å². The molecule has 0 saturated carbocycles. The average molecular weight is 418 g/mol. The van der Waals surface area contributed by atoms with Crippen LogP contribution in [0.5, 0.6) is 0 Å². The van der Waals surface area contributed by atoms with E-state index < -0.39 is 0 Å². The summed E-state index contributed by atoms with van der Waals surface area (Å²) in [7, 11) is 0. The zero-order chi connectivity index (χ0) is 20.7. The molecule has 3 aromatic heterocycles. The highest BCUT2D eigenvalue weighted by molar-refractivity contribution is 6.30. The van der Waals surface area contributed by atoms with Crippen molar-refractivity contribution in [3.05, 3.63) is 83.3 Å². The number of nitrogens with zero attached hydrogens (tertiary/aromatic N) is 3. The second-order valence-corrected chi connectivity index (χ2v) is 7.16. The normalized spacial score (nSPS) is 11.2. The molecule has 8 heteroatoms. The second-order valence-electron chi connectivity index (χ2n) is 6.72. The van der Waals surface area contributed by atoms with E-state index in [-0.39, 0.29) is 23.8 Å². The molecule has 2 aromatic carbocycles. The van der Waals surface area contributed by atoms with E-state index in [0.717, 1.165) is 5.69 Å². The van der Waals surface area contributed by atoms with Crippen molar-refractivity contribution in [2.45, 2.75) is 6.54 Å². The number of benzene rings is 2. The number of amides is 1. The lowest BCUT2D eigenvalue weighted by molar-refractivity contribution is 0.0950. The Bertz CT molecular complexity index is 1370. The van der Waals surface area contributed by atoms with Gasteiger partial charge in [-0.25, -0.2) is 9.97 Å². The highest BCUT2D eigenvalue weighted by Crippen LogP contribution is 2.31. The molecule has 3 N–H and O–H groups in total. The fraction of sp³-hybridized carbons (Fsp3) is 0.0455. The average Bonchev–Trinajstić information content (AvgIpc) is 3.37. The molecule has 0 aliphatic rings. The minimum absolute atomic E-state index is 0.236. The third-order valence-electron chi connectivity index (χ3n) is 4.81. The van der Waals surface area contributed by atoms with Crippen molar-refractivity contribution in [3.63, 3.8) is 0 Å². The predicted molar refractivity (Wildman–Crippen MR) is 116 cm³/mol. The Morgan fingerprint density at radius 2 is 1.77 bits per heavy atom. The summed E-state index contributed by atoms with van der Waals surface area (Å²) in [5.74, 6) is 0.533. The van der Waals surface area contributed by atoms with Gasteiger partial charge in [-0.05, 0) is 48.5 Å². The van der Waals surface area contributed by atoms with E-state index in [1.54, 1.807) is 35.1 Å². The van der Waals surface area contributed by atoms with Gasteiger partial charge in [-0.15, -0.1) is 0 Å². The van der Waals surface area contributed by atoms with E-state index in [9.17, 15) is 4.79 Å². The number of fused-ring (bicyclic) bond motifs is 2.